The van der Waals surface area contributed by atoms with Crippen molar-refractivity contribution in [2.75, 3.05) is 5.88 Å². The molecule has 0 aromatic rings. The fourth-order valence-corrected chi connectivity index (χ4v) is 2.55. The average Bonchev–Trinajstić information content (AvgIpc) is 2.62. The van der Waals surface area contributed by atoms with Crippen molar-refractivity contribution in [2.45, 2.75) is 12.8 Å². The molecule has 60 valence electrons. The summed E-state index contributed by atoms with van der Waals surface area (Å²) in [6, 6.07) is 0. The van der Waals surface area contributed by atoms with Gasteiger partial charge in [-0.05, 0) is 30.6 Å². The molecule has 0 amide bonds. The molecule has 0 N–H and O–H groups in total. The molecule has 1 heteroatoms. The number of rotatable bonds is 2. The van der Waals surface area contributed by atoms with E-state index in [1.54, 1.807) is 0 Å². The van der Waals surface area contributed by atoms with Gasteiger partial charge in [0.1, 0.15) is 0 Å². The number of hydrogen-bond donors (Lipinski definition) is 0. The van der Waals surface area contributed by atoms with Crippen molar-refractivity contribution >= 4 is 11.6 Å². The highest BCUT2D eigenvalue weighted by atomic mass is 35.5. The molecule has 2 aliphatic rings. The summed E-state index contributed by atoms with van der Waals surface area (Å²) in [6.45, 7) is 4.01. The molecule has 1 saturated carbocycles. The van der Waals surface area contributed by atoms with Gasteiger partial charge in [0.25, 0.3) is 0 Å². The molecule has 0 saturated heterocycles. The summed E-state index contributed by atoms with van der Waals surface area (Å²) in [4.78, 5) is 0. The standard InChI is InChI=1S/C10H13Cl/c1-7(6-11)10-5-8-2-3-9(10)4-8/h2-3,8-10H,1,4-6H2. The molecule has 2 rings (SSSR count). The first-order chi connectivity index (χ1) is 5.31. The Labute approximate surface area is 72.9 Å². The minimum Gasteiger partial charge on any atom is -0.122 e. The molecule has 1 fully saturated rings. The largest absolute Gasteiger partial charge is 0.122 e. The van der Waals surface area contributed by atoms with Crippen LogP contribution >= 0.6 is 11.6 Å². The number of alkyl halides is 1. The van der Waals surface area contributed by atoms with Crippen molar-refractivity contribution in [3.63, 3.8) is 0 Å². The summed E-state index contributed by atoms with van der Waals surface area (Å²) < 4.78 is 0. The first kappa shape index (κ1) is 7.42. The van der Waals surface area contributed by atoms with Gasteiger partial charge in [0, 0.05) is 5.88 Å². The van der Waals surface area contributed by atoms with Gasteiger partial charge in [-0.3, -0.25) is 0 Å². The van der Waals surface area contributed by atoms with Crippen molar-refractivity contribution in [1.82, 2.24) is 0 Å². The quantitative estimate of drug-likeness (QED) is 0.439. The molecule has 2 aliphatic carbocycles. The monoisotopic (exact) mass is 168 g/mol. The van der Waals surface area contributed by atoms with Gasteiger partial charge in [-0.15, -0.1) is 11.6 Å². The minimum absolute atomic E-state index is 0.641. The zero-order valence-electron chi connectivity index (χ0n) is 6.59. The molecule has 0 heterocycles. The van der Waals surface area contributed by atoms with Crippen LogP contribution in [-0.4, -0.2) is 5.88 Å². The second-order valence-electron chi connectivity index (χ2n) is 3.68. The van der Waals surface area contributed by atoms with E-state index in [1.807, 2.05) is 0 Å². The molecule has 0 aliphatic heterocycles. The molecular formula is C10H13Cl. The van der Waals surface area contributed by atoms with Crippen LogP contribution in [0.1, 0.15) is 12.8 Å². The lowest BCUT2D eigenvalue weighted by Gasteiger charge is -2.18. The van der Waals surface area contributed by atoms with Gasteiger partial charge in [-0.25, -0.2) is 0 Å². The minimum atomic E-state index is 0.641. The second kappa shape index (κ2) is 2.67. The number of fused-ring (bicyclic) bond motifs is 2. The Kier molecular flexibility index (Phi) is 1.80. The Morgan fingerprint density at radius 2 is 2.27 bits per heavy atom. The van der Waals surface area contributed by atoms with Crippen LogP contribution < -0.4 is 0 Å². The summed E-state index contributed by atoms with van der Waals surface area (Å²) in [6.07, 6.45) is 7.34. The van der Waals surface area contributed by atoms with Gasteiger partial charge in [0.2, 0.25) is 0 Å². The highest BCUT2D eigenvalue weighted by molar-refractivity contribution is 6.19. The van der Waals surface area contributed by atoms with Crippen LogP contribution in [0.3, 0.4) is 0 Å². The van der Waals surface area contributed by atoms with E-state index >= 15 is 0 Å². The Morgan fingerprint density at radius 3 is 2.73 bits per heavy atom. The summed E-state index contributed by atoms with van der Waals surface area (Å²) in [7, 11) is 0. The predicted octanol–water partition coefficient (Wildman–Crippen LogP) is 2.99. The second-order valence-corrected chi connectivity index (χ2v) is 3.95. The molecule has 2 bridgehead atoms. The molecule has 0 aromatic carbocycles. The van der Waals surface area contributed by atoms with Gasteiger partial charge in [0.15, 0.2) is 0 Å². The van der Waals surface area contributed by atoms with Crippen LogP contribution in [0, 0.1) is 17.8 Å². The zero-order chi connectivity index (χ0) is 7.84. The molecule has 3 atom stereocenters. The third kappa shape index (κ3) is 1.14. The van der Waals surface area contributed by atoms with E-state index in [9.17, 15) is 0 Å². The average molecular weight is 169 g/mol. The first-order valence-corrected chi connectivity index (χ1v) is 4.76. The Morgan fingerprint density at radius 1 is 1.45 bits per heavy atom. The maximum absolute atomic E-state index is 5.75. The fourth-order valence-electron chi connectivity index (χ4n) is 2.35. The lowest BCUT2D eigenvalue weighted by atomic mass is 9.88. The molecule has 11 heavy (non-hydrogen) atoms. The third-order valence-corrected chi connectivity index (χ3v) is 3.32. The van der Waals surface area contributed by atoms with Crippen LogP contribution in [0.2, 0.25) is 0 Å². The third-order valence-electron chi connectivity index (χ3n) is 2.97. The lowest BCUT2D eigenvalue weighted by Crippen LogP contribution is -2.09. The SMILES string of the molecule is C=C(CCl)C1CC2C=CC1C2. The van der Waals surface area contributed by atoms with Gasteiger partial charge >= 0.3 is 0 Å². The molecule has 0 spiro atoms. The highest BCUT2D eigenvalue weighted by Gasteiger charge is 2.36. The summed E-state index contributed by atoms with van der Waals surface area (Å²) >= 11 is 5.75. The van der Waals surface area contributed by atoms with E-state index in [0.29, 0.717) is 11.8 Å². The smallest absolute Gasteiger partial charge is 0.0433 e. The number of allylic oxidation sites excluding steroid dienone is 3. The van der Waals surface area contributed by atoms with Gasteiger partial charge in [0.05, 0.1) is 0 Å². The van der Waals surface area contributed by atoms with Crippen molar-refractivity contribution in [3.05, 3.63) is 24.3 Å². The van der Waals surface area contributed by atoms with Crippen molar-refractivity contribution in [3.8, 4) is 0 Å². The van der Waals surface area contributed by atoms with Gasteiger partial charge in [-0.2, -0.15) is 0 Å². The maximum atomic E-state index is 5.75. The van der Waals surface area contributed by atoms with Gasteiger partial charge in [-0.1, -0.05) is 24.3 Å². The molecule has 3 unspecified atom stereocenters. The lowest BCUT2D eigenvalue weighted by molar-refractivity contribution is 0.523. The van der Waals surface area contributed by atoms with Crippen molar-refractivity contribution in [1.29, 1.82) is 0 Å². The molecule has 0 radical (unpaired) electrons. The Balaban J connectivity index is 2.08. The summed E-state index contributed by atoms with van der Waals surface area (Å²) in [5.74, 6) is 2.94. The fraction of sp³-hybridized carbons (Fsp3) is 0.600. The normalized spacial score (nSPS) is 39.9. The van der Waals surface area contributed by atoms with Crippen LogP contribution in [0.15, 0.2) is 24.3 Å². The molecular weight excluding hydrogens is 156 g/mol. The Hall–Kier alpha value is -0.230. The van der Waals surface area contributed by atoms with Crippen LogP contribution in [0.4, 0.5) is 0 Å². The first-order valence-electron chi connectivity index (χ1n) is 4.23. The molecule has 0 nitrogen and oxygen atoms in total. The summed E-state index contributed by atoms with van der Waals surface area (Å²) in [5.41, 5.74) is 1.24. The van der Waals surface area contributed by atoms with E-state index in [4.69, 9.17) is 11.6 Å². The van der Waals surface area contributed by atoms with E-state index in [0.717, 1.165) is 11.8 Å². The zero-order valence-corrected chi connectivity index (χ0v) is 7.35. The van der Waals surface area contributed by atoms with Crippen molar-refractivity contribution < 1.29 is 0 Å². The van der Waals surface area contributed by atoms with Gasteiger partial charge < -0.3 is 0 Å². The predicted molar refractivity (Wildman–Crippen MR) is 48.7 cm³/mol. The Bertz CT molecular complexity index is 205. The molecule has 0 aromatic heterocycles. The number of halogens is 1. The van der Waals surface area contributed by atoms with E-state index in [1.165, 1.54) is 18.4 Å². The number of hydrogen-bond acceptors (Lipinski definition) is 0. The highest BCUT2D eigenvalue weighted by Crippen LogP contribution is 2.46. The van der Waals surface area contributed by atoms with Crippen LogP contribution in [0.25, 0.3) is 0 Å². The maximum Gasteiger partial charge on any atom is 0.0433 e. The van der Waals surface area contributed by atoms with E-state index < -0.39 is 0 Å². The van der Waals surface area contributed by atoms with E-state index in [2.05, 4.69) is 18.7 Å². The van der Waals surface area contributed by atoms with E-state index in [-0.39, 0.29) is 0 Å². The van der Waals surface area contributed by atoms with Crippen LogP contribution in [-0.2, 0) is 0 Å². The topological polar surface area (TPSA) is 0 Å². The summed E-state index contributed by atoms with van der Waals surface area (Å²) in [5, 5.41) is 0. The van der Waals surface area contributed by atoms with Crippen molar-refractivity contribution in [2.24, 2.45) is 17.8 Å². The van der Waals surface area contributed by atoms with Crippen LogP contribution in [0.5, 0.6) is 0 Å².